The van der Waals surface area contributed by atoms with Gasteiger partial charge in [0.25, 0.3) is 5.91 Å². The Kier molecular flexibility index (Phi) is 5.32. The predicted octanol–water partition coefficient (Wildman–Crippen LogP) is 5.25. The van der Waals surface area contributed by atoms with Gasteiger partial charge in [0.15, 0.2) is 16.5 Å². The zero-order valence-corrected chi connectivity index (χ0v) is 18.7. The molecule has 3 aromatic carbocycles. The molecule has 2 heterocycles. The number of aryl methyl sites for hydroxylation is 1. The standard InChI is InChI=1S/C25H21F2N3O2S/c1-16-5-4-6-18(13-16)28-24(32)30-11-12-33-25(30)19-7-2-3-8-22(19)29(23(25)31)15-17-9-10-20(26)21(27)14-17/h2-10,13-14H,11-12,15H2,1H3,(H,28,32). The molecule has 5 nitrogen and oxygen atoms in total. The van der Waals surface area contributed by atoms with Gasteiger partial charge in [0.2, 0.25) is 0 Å². The minimum Gasteiger partial charge on any atom is -0.308 e. The smallest absolute Gasteiger partial charge is 0.308 e. The molecule has 2 aliphatic heterocycles. The highest BCUT2D eigenvalue weighted by Crippen LogP contribution is 2.54. The number of nitrogens with one attached hydrogen (secondary N) is 1. The van der Waals surface area contributed by atoms with Crippen molar-refractivity contribution in [1.82, 2.24) is 4.90 Å². The van der Waals surface area contributed by atoms with E-state index in [0.29, 0.717) is 29.2 Å². The van der Waals surface area contributed by atoms with Crippen molar-refractivity contribution < 1.29 is 18.4 Å². The van der Waals surface area contributed by atoms with Gasteiger partial charge in [-0.15, -0.1) is 11.8 Å². The Morgan fingerprint density at radius 3 is 2.67 bits per heavy atom. The van der Waals surface area contributed by atoms with Gasteiger partial charge in [-0.3, -0.25) is 9.69 Å². The van der Waals surface area contributed by atoms with Crippen LogP contribution in [0.3, 0.4) is 0 Å². The number of anilines is 2. The molecule has 0 radical (unpaired) electrons. The lowest BCUT2D eigenvalue weighted by Gasteiger charge is -2.33. The van der Waals surface area contributed by atoms with E-state index in [1.807, 2.05) is 49.4 Å². The summed E-state index contributed by atoms with van der Waals surface area (Å²) < 4.78 is 27.2. The van der Waals surface area contributed by atoms with Crippen molar-refractivity contribution in [3.8, 4) is 0 Å². The highest BCUT2D eigenvalue weighted by molar-refractivity contribution is 8.01. The first kappa shape index (κ1) is 21.5. The zero-order chi connectivity index (χ0) is 23.2. The molecule has 33 heavy (non-hydrogen) atoms. The lowest BCUT2D eigenvalue weighted by atomic mass is 10.1. The Morgan fingerprint density at radius 1 is 1.06 bits per heavy atom. The number of benzene rings is 3. The van der Waals surface area contributed by atoms with Gasteiger partial charge in [0, 0.05) is 23.5 Å². The largest absolute Gasteiger partial charge is 0.323 e. The van der Waals surface area contributed by atoms with Crippen molar-refractivity contribution in [3.63, 3.8) is 0 Å². The molecular formula is C25H21F2N3O2S. The Balaban J connectivity index is 1.50. The third-order valence-corrected chi connectivity index (χ3v) is 7.36. The molecule has 0 aliphatic carbocycles. The number of rotatable bonds is 3. The quantitative estimate of drug-likeness (QED) is 0.575. The molecule has 1 unspecified atom stereocenters. The summed E-state index contributed by atoms with van der Waals surface area (Å²) in [5, 5.41) is 2.92. The Morgan fingerprint density at radius 2 is 1.88 bits per heavy atom. The summed E-state index contributed by atoms with van der Waals surface area (Å²) in [4.78, 5) is 29.1. The van der Waals surface area contributed by atoms with Crippen LogP contribution in [0.4, 0.5) is 25.0 Å². The van der Waals surface area contributed by atoms with Gasteiger partial charge < -0.3 is 10.2 Å². The fraction of sp³-hybridized carbons (Fsp3) is 0.200. The summed E-state index contributed by atoms with van der Waals surface area (Å²) in [6.07, 6.45) is 0. The Labute approximate surface area is 194 Å². The molecule has 3 amide bonds. The molecule has 1 N–H and O–H groups in total. The van der Waals surface area contributed by atoms with Crippen LogP contribution in [0.25, 0.3) is 0 Å². The van der Waals surface area contributed by atoms with Gasteiger partial charge in [0.1, 0.15) is 0 Å². The summed E-state index contributed by atoms with van der Waals surface area (Å²) in [6, 6.07) is 18.1. The van der Waals surface area contributed by atoms with Crippen LogP contribution in [0.2, 0.25) is 0 Å². The SMILES string of the molecule is Cc1cccc(NC(=O)N2CCSC23C(=O)N(Cc2ccc(F)c(F)c2)c2ccccc23)c1. The summed E-state index contributed by atoms with van der Waals surface area (Å²) in [5.41, 5.74) is 3.52. The molecule has 168 valence electrons. The molecule has 1 atom stereocenters. The van der Waals surface area contributed by atoms with E-state index in [9.17, 15) is 18.4 Å². The van der Waals surface area contributed by atoms with Crippen molar-refractivity contribution in [1.29, 1.82) is 0 Å². The average molecular weight is 466 g/mol. The van der Waals surface area contributed by atoms with Crippen LogP contribution < -0.4 is 10.2 Å². The molecule has 2 aliphatic rings. The van der Waals surface area contributed by atoms with E-state index >= 15 is 0 Å². The minimum atomic E-state index is -1.21. The molecule has 1 fully saturated rings. The highest BCUT2D eigenvalue weighted by Gasteiger charge is 2.59. The summed E-state index contributed by atoms with van der Waals surface area (Å²) >= 11 is 1.41. The van der Waals surface area contributed by atoms with E-state index in [-0.39, 0.29) is 18.5 Å². The van der Waals surface area contributed by atoms with Gasteiger partial charge in [0.05, 0.1) is 12.2 Å². The zero-order valence-electron chi connectivity index (χ0n) is 17.8. The van der Waals surface area contributed by atoms with Crippen LogP contribution in [0.15, 0.2) is 66.7 Å². The maximum Gasteiger partial charge on any atom is 0.323 e. The highest BCUT2D eigenvalue weighted by atomic mass is 32.2. The molecule has 0 saturated carbocycles. The third kappa shape index (κ3) is 3.54. The van der Waals surface area contributed by atoms with E-state index < -0.39 is 16.5 Å². The molecule has 1 saturated heterocycles. The Bertz CT molecular complexity index is 1270. The second-order valence-electron chi connectivity index (χ2n) is 8.10. The van der Waals surface area contributed by atoms with E-state index in [1.54, 1.807) is 15.9 Å². The average Bonchev–Trinajstić information content (AvgIpc) is 3.34. The maximum atomic E-state index is 13.9. The topological polar surface area (TPSA) is 52.7 Å². The number of hydrogen-bond acceptors (Lipinski definition) is 3. The number of fused-ring (bicyclic) bond motifs is 2. The molecule has 3 aromatic rings. The lowest BCUT2D eigenvalue weighted by Crippen LogP contribution is -2.51. The minimum absolute atomic E-state index is 0.0721. The second-order valence-corrected chi connectivity index (χ2v) is 9.39. The van der Waals surface area contributed by atoms with E-state index in [0.717, 1.165) is 23.3 Å². The van der Waals surface area contributed by atoms with Gasteiger partial charge in [-0.1, -0.05) is 36.4 Å². The van der Waals surface area contributed by atoms with Crippen LogP contribution in [0, 0.1) is 18.6 Å². The first-order valence-electron chi connectivity index (χ1n) is 10.5. The number of amides is 3. The summed E-state index contributed by atoms with van der Waals surface area (Å²) in [5.74, 6) is -1.57. The van der Waals surface area contributed by atoms with Crippen molar-refractivity contribution in [3.05, 3.63) is 95.1 Å². The number of halogens is 2. The summed E-state index contributed by atoms with van der Waals surface area (Å²) in [7, 11) is 0. The molecule has 0 bridgehead atoms. The van der Waals surface area contributed by atoms with Crippen LogP contribution in [-0.2, 0) is 16.2 Å². The number of nitrogens with zero attached hydrogens (tertiary/aromatic N) is 2. The van der Waals surface area contributed by atoms with Crippen LogP contribution in [0.5, 0.6) is 0 Å². The second kappa shape index (κ2) is 8.19. The third-order valence-electron chi connectivity index (χ3n) is 5.94. The molecule has 1 spiro atoms. The number of thioether (sulfide) groups is 1. The Hall–Kier alpha value is -3.39. The maximum absolute atomic E-state index is 13.9. The van der Waals surface area contributed by atoms with Gasteiger partial charge in [-0.05, 0) is 48.4 Å². The summed E-state index contributed by atoms with van der Waals surface area (Å²) in [6.45, 7) is 2.42. The number of urea groups is 1. The van der Waals surface area contributed by atoms with Crippen LogP contribution in [0.1, 0.15) is 16.7 Å². The number of carbonyl (C=O) groups is 2. The number of para-hydroxylation sites is 1. The first-order valence-corrected chi connectivity index (χ1v) is 11.5. The van der Waals surface area contributed by atoms with E-state index in [1.165, 1.54) is 17.8 Å². The van der Waals surface area contributed by atoms with Crippen molar-refractivity contribution in [2.45, 2.75) is 18.3 Å². The number of carbonyl (C=O) groups excluding carboxylic acids is 2. The fourth-order valence-corrected chi connectivity index (χ4v) is 5.92. The van der Waals surface area contributed by atoms with Gasteiger partial charge >= 0.3 is 6.03 Å². The normalized spacial score (nSPS) is 19.3. The fourth-order valence-electron chi connectivity index (χ4n) is 4.46. The van der Waals surface area contributed by atoms with Gasteiger partial charge in [-0.25, -0.2) is 13.6 Å². The molecule has 0 aromatic heterocycles. The van der Waals surface area contributed by atoms with E-state index in [4.69, 9.17) is 0 Å². The first-order chi connectivity index (χ1) is 15.9. The monoisotopic (exact) mass is 465 g/mol. The lowest BCUT2D eigenvalue weighted by molar-refractivity contribution is -0.123. The molecule has 8 heteroatoms. The van der Waals surface area contributed by atoms with Crippen molar-refractivity contribution in [2.24, 2.45) is 0 Å². The van der Waals surface area contributed by atoms with E-state index in [2.05, 4.69) is 5.32 Å². The molecule has 5 rings (SSSR count). The van der Waals surface area contributed by atoms with Gasteiger partial charge in [-0.2, -0.15) is 0 Å². The number of hydrogen-bond donors (Lipinski definition) is 1. The predicted molar refractivity (Wildman–Crippen MR) is 125 cm³/mol. The van der Waals surface area contributed by atoms with Crippen molar-refractivity contribution in [2.75, 3.05) is 22.5 Å². The van der Waals surface area contributed by atoms with Crippen molar-refractivity contribution >= 4 is 35.1 Å². The van der Waals surface area contributed by atoms with Crippen LogP contribution in [-0.4, -0.2) is 29.1 Å². The molecular weight excluding hydrogens is 444 g/mol. The van der Waals surface area contributed by atoms with Crippen LogP contribution >= 0.6 is 11.8 Å².